The maximum Gasteiger partial charge on any atom is -0.0128 e. The molecule has 15 heavy (non-hydrogen) atoms. The van der Waals surface area contributed by atoms with Crippen LogP contribution in [0.3, 0.4) is 0 Å². The molecule has 0 heterocycles. The summed E-state index contributed by atoms with van der Waals surface area (Å²) in [5, 5.41) is 0. The fourth-order valence-corrected chi connectivity index (χ4v) is 4.49. The summed E-state index contributed by atoms with van der Waals surface area (Å²) in [5.74, 6) is 4.39. The zero-order chi connectivity index (χ0) is 10.6. The first-order chi connectivity index (χ1) is 7.22. The SMILES string of the molecule is C=CC1=CC2CC1C1CCC(C(=C)C)C21. The van der Waals surface area contributed by atoms with Crippen molar-refractivity contribution < 1.29 is 0 Å². The zero-order valence-electron chi connectivity index (χ0n) is 9.58. The molecule has 5 atom stereocenters. The molecule has 2 fully saturated rings. The molecule has 3 aliphatic rings. The molecular formula is C15H20. The van der Waals surface area contributed by atoms with Crippen LogP contribution in [0.5, 0.6) is 0 Å². The Morgan fingerprint density at radius 1 is 1.47 bits per heavy atom. The summed E-state index contributed by atoms with van der Waals surface area (Å²) >= 11 is 0. The Kier molecular flexibility index (Phi) is 1.95. The topological polar surface area (TPSA) is 0 Å². The summed E-state index contributed by atoms with van der Waals surface area (Å²) in [7, 11) is 0. The summed E-state index contributed by atoms with van der Waals surface area (Å²) in [5.41, 5.74) is 2.97. The summed E-state index contributed by atoms with van der Waals surface area (Å²) in [6.07, 6.45) is 8.81. The molecule has 2 saturated carbocycles. The van der Waals surface area contributed by atoms with Gasteiger partial charge in [-0.05, 0) is 61.3 Å². The molecule has 0 aromatic rings. The maximum absolute atomic E-state index is 4.18. The minimum Gasteiger partial charge on any atom is -0.0998 e. The van der Waals surface area contributed by atoms with Gasteiger partial charge in [-0.3, -0.25) is 0 Å². The monoisotopic (exact) mass is 200 g/mol. The van der Waals surface area contributed by atoms with Gasteiger partial charge in [0.2, 0.25) is 0 Å². The van der Waals surface area contributed by atoms with E-state index in [0.717, 1.165) is 29.6 Å². The quantitative estimate of drug-likeness (QED) is 0.592. The summed E-state index contributed by atoms with van der Waals surface area (Å²) in [4.78, 5) is 0. The van der Waals surface area contributed by atoms with E-state index in [9.17, 15) is 0 Å². The lowest BCUT2D eigenvalue weighted by Crippen LogP contribution is -2.21. The molecule has 0 nitrogen and oxygen atoms in total. The van der Waals surface area contributed by atoms with E-state index in [1.165, 1.54) is 24.8 Å². The molecule has 3 aliphatic carbocycles. The first-order valence-corrected chi connectivity index (χ1v) is 6.22. The molecule has 3 rings (SSSR count). The second-order valence-corrected chi connectivity index (χ2v) is 5.65. The van der Waals surface area contributed by atoms with Crippen LogP contribution in [0.2, 0.25) is 0 Å². The number of hydrogen-bond donors (Lipinski definition) is 0. The Bertz CT molecular complexity index is 347. The largest absolute Gasteiger partial charge is 0.0998 e. The first-order valence-electron chi connectivity index (χ1n) is 6.22. The van der Waals surface area contributed by atoms with Gasteiger partial charge in [-0.2, -0.15) is 0 Å². The van der Waals surface area contributed by atoms with Crippen LogP contribution in [0.1, 0.15) is 26.2 Å². The van der Waals surface area contributed by atoms with Gasteiger partial charge >= 0.3 is 0 Å². The Morgan fingerprint density at radius 3 is 2.93 bits per heavy atom. The predicted octanol–water partition coefficient (Wildman–Crippen LogP) is 3.97. The van der Waals surface area contributed by atoms with E-state index in [4.69, 9.17) is 0 Å². The molecule has 0 aliphatic heterocycles. The summed E-state index contributed by atoms with van der Waals surface area (Å²) in [6, 6.07) is 0. The van der Waals surface area contributed by atoms with Crippen molar-refractivity contribution in [3.8, 4) is 0 Å². The highest BCUT2D eigenvalue weighted by atomic mass is 14.6. The van der Waals surface area contributed by atoms with Gasteiger partial charge in [0.05, 0.1) is 0 Å². The predicted molar refractivity (Wildman–Crippen MR) is 64.4 cm³/mol. The minimum absolute atomic E-state index is 0.813. The van der Waals surface area contributed by atoms with Crippen molar-refractivity contribution in [3.63, 3.8) is 0 Å². The lowest BCUT2D eigenvalue weighted by molar-refractivity contribution is 0.312. The lowest BCUT2D eigenvalue weighted by atomic mass is 9.77. The smallest absolute Gasteiger partial charge is 0.0128 e. The number of rotatable bonds is 2. The Labute approximate surface area is 92.8 Å². The van der Waals surface area contributed by atoms with Crippen LogP contribution in [-0.2, 0) is 0 Å². The number of hydrogen-bond acceptors (Lipinski definition) is 0. The van der Waals surface area contributed by atoms with Gasteiger partial charge in [0.1, 0.15) is 0 Å². The third-order valence-corrected chi connectivity index (χ3v) is 5.01. The van der Waals surface area contributed by atoms with Crippen LogP contribution in [0.25, 0.3) is 0 Å². The molecule has 0 radical (unpaired) electrons. The van der Waals surface area contributed by atoms with Gasteiger partial charge < -0.3 is 0 Å². The van der Waals surface area contributed by atoms with Gasteiger partial charge in [0.25, 0.3) is 0 Å². The number of fused-ring (bicyclic) bond motifs is 5. The van der Waals surface area contributed by atoms with Crippen LogP contribution in [0.15, 0.2) is 36.5 Å². The van der Waals surface area contributed by atoms with Gasteiger partial charge in [0, 0.05) is 0 Å². The summed E-state index contributed by atoms with van der Waals surface area (Å²) in [6.45, 7) is 10.3. The van der Waals surface area contributed by atoms with Crippen molar-refractivity contribution in [2.24, 2.45) is 29.6 Å². The third kappa shape index (κ3) is 1.14. The molecule has 0 aromatic heterocycles. The molecule has 0 heteroatoms. The van der Waals surface area contributed by atoms with Gasteiger partial charge in [-0.1, -0.05) is 30.9 Å². The van der Waals surface area contributed by atoms with Crippen molar-refractivity contribution in [2.75, 3.05) is 0 Å². The summed E-state index contributed by atoms with van der Waals surface area (Å²) < 4.78 is 0. The van der Waals surface area contributed by atoms with Gasteiger partial charge in [0.15, 0.2) is 0 Å². The normalized spacial score (nSPS) is 46.5. The lowest BCUT2D eigenvalue weighted by Gasteiger charge is -2.28. The molecule has 5 unspecified atom stereocenters. The van der Waals surface area contributed by atoms with Crippen molar-refractivity contribution in [1.29, 1.82) is 0 Å². The fourth-order valence-electron chi connectivity index (χ4n) is 4.49. The van der Waals surface area contributed by atoms with Crippen LogP contribution < -0.4 is 0 Å². The second kappa shape index (κ2) is 3.10. The van der Waals surface area contributed by atoms with E-state index in [1.54, 1.807) is 5.57 Å². The highest BCUT2D eigenvalue weighted by Gasteiger charge is 2.53. The maximum atomic E-state index is 4.18. The van der Waals surface area contributed by atoms with Crippen LogP contribution >= 0.6 is 0 Å². The van der Waals surface area contributed by atoms with E-state index in [1.807, 2.05) is 0 Å². The van der Waals surface area contributed by atoms with E-state index < -0.39 is 0 Å². The highest BCUT2D eigenvalue weighted by Crippen LogP contribution is 2.61. The van der Waals surface area contributed by atoms with Crippen molar-refractivity contribution in [3.05, 3.63) is 36.5 Å². The van der Waals surface area contributed by atoms with Crippen molar-refractivity contribution in [2.45, 2.75) is 26.2 Å². The van der Waals surface area contributed by atoms with Crippen LogP contribution in [-0.4, -0.2) is 0 Å². The first kappa shape index (κ1) is 9.45. The fraction of sp³-hybridized carbons (Fsp3) is 0.600. The average Bonchev–Trinajstić information content (AvgIpc) is 2.87. The highest BCUT2D eigenvalue weighted by molar-refractivity contribution is 5.33. The molecule has 0 aromatic carbocycles. The van der Waals surface area contributed by atoms with Crippen LogP contribution in [0.4, 0.5) is 0 Å². The second-order valence-electron chi connectivity index (χ2n) is 5.65. The van der Waals surface area contributed by atoms with Gasteiger partial charge in [-0.15, -0.1) is 0 Å². The molecule has 0 N–H and O–H groups in total. The van der Waals surface area contributed by atoms with E-state index >= 15 is 0 Å². The number of allylic oxidation sites excluding steroid dienone is 4. The zero-order valence-corrected chi connectivity index (χ0v) is 9.58. The molecular weight excluding hydrogens is 180 g/mol. The third-order valence-electron chi connectivity index (χ3n) is 5.01. The Morgan fingerprint density at radius 2 is 2.27 bits per heavy atom. The van der Waals surface area contributed by atoms with E-state index in [0.29, 0.717) is 0 Å². The van der Waals surface area contributed by atoms with Crippen LogP contribution in [0, 0.1) is 29.6 Å². The van der Waals surface area contributed by atoms with E-state index in [-0.39, 0.29) is 0 Å². The molecule has 0 spiro atoms. The molecule has 0 amide bonds. The molecule has 2 bridgehead atoms. The minimum atomic E-state index is 0.813. The standard InChI is InChI=1S/C15H20/c1-4-10-7-11-8-14(10)13-6-5-12(9(2)3)15(11)13/h4,7,11-15H,1-2,5-6,8H2,3H3. The molecule has 80 valence electrons. The van der Waals surface area contributed by atoms with E-state index in [2.05, 4.69) is 32.2 Å². The average molecular weight is 200 g/mol. The van der Waals surface area contributed by atoms with Crippen molar-refractivity contribution in [1.82, 2.24) is 0 Å². The Hall–Kier alpha value is -0.780. The molecule has 0 saturated heterocycles. The van der Waals surface area contributed by atoms with Crippen molar-refractivity contribution >= 4 is 0 Å². The van der Waals surface area contributed by atoms with Gasteiger partial charge in [-0.25, -0.2) is 0 Å². The Balaban J connectivity index is 1.92.